The number of allylic oxidation sites excluding steroid dienone is 4. The van der Waals surface area contributed by atoms with Crippen molar-refractivity contribution in [2.24, 2.45) is 0 Å². The minimum Gasteiger partial charge on any atom is -0.869 e. The van der Waals surface area contributed by atoms with E-state index in [0.717, 1.165) is 0 Å². The predicted molar refractivity (Wildman–Crippen MR) is 50.4 cm³/mol. The molecule has 27 heavy (non-hydrogen) atoms. The molecular weight excluding hydrogens is 519 g/mol. The van der Waals surface area contributed by atoms with E-state index in [-0.39, 0.29) is 20.4 Å². The zero-order chi connectivity index (χ0) is 21.7. The molecule has 0 aliphatic heterocycles. The van der Waals surface area contributed by atoms with Gasteiger partial charge in [-0.1, -0.05) is 0 Å². The molecular formula is C10H2F12O4Pd. The van der Waals surface area contributed by atoms with E-state index in [1.807, 2.05) is 0 Å². The molecule has 160 valence electrons. The summed E-state index contributed by atoms with van der Waals surface area (Å²) in [6.45, 7) is 0. The van der Waals surface area contributed by atoms with Gasteiger partial charge in [0, 0.05) is 0 Å². The number of carbonyl (C=O) groups is 2. The van der Waals surface area contributed by atoms with Crippen LogP contribution in [0.25, 0.3) is 0 Å². The maximum Gasteiger partial charge on any atom is 2.00 e. The SMILES string of the molecule is O=C(C=C([O-])C(F)(F)F)C(F)(F)F.O=C(C=C([O-])C(F)(F)F)C(F)(F)F.[Pd+2]. The number of halogens is 12. The summed E-state index contributed by atoms with van der Waals surface area (Å²) in [6.07, 6.45) is -23.9. The molecule has 0 fully saturated rings. The number of alkyl halides is 12. The fourth-order valence-corrected chi connectivity index (χ4v) is 0.565. The Morgan fingerprint density at radius 3 is 0.815 bits per heavy atom. The van der Waals surface area contributed by atoms with Crippen molar-refractivity contribution in [2.45, 2.75) is 24.7 Å². The van der Waals surface area contributed by atoms with Crippen LogP contribution in [0.2, 0.25) is 0 Å². The summed E-state index contributed by atoms with van der Waals surface area (Å²) in [5, 5.41) is 19.6. The summed E-state index contributed by atoms with van der Waals surface area (Å²) in [5.41, 5.74) is 0. The van der Waals surface area contributed by atoms with Crippen LogP contribution in [0.4, 0.5) is 52.7 Å². The maximum absolute atomic E-state index is 11.3. The van der Waals surface area contributed by atoms with Crippen molar-refractivity contribution >= 4 is 11.6 Å². The Hall–Kier alpha value is -1.76. The average Bonchev–Trinajstić information content (AvgIpc) is 2.34. The zero-order valence-corrected chi connectivity index (χ0v) is 13.2. The Bertz CT molecular complexity index is 527. The van der Waals surface area contributed by atoms with E-state index in [4.69, 9.17) is 0 Å². The van der Waals surface area contributed by atoms with Crippen LogP contribution in [-0.2, 0) is 30.0 Å². The van der Waals surface area contributed by atoms with Crippen molar-refractivity contribution in [3.63, 3.8) is 0 Å². The molecule has 0 heterocycles. The summed E-state index contributed by atoms with van der Waals surface area (Å²) in [6, 6.07) is 0. The van der Waals surface area contributed by atoms with Gasteiger partial charge in [-0.15, -0.1) is 0 Å². The van der Waals surface area contributed by atoms with Crippen LogP contribution in [0, 0.1) is 0 Å². The van der Waals surface area contributed by atoms with Crippen molar-refractivity contribution in [3.05, 3.63) is 23.7 Å². The van der Waals surface area contributed by atoms with Gasteiger partial charge in [0.2, 0.25) is 0 Å². The third-order valence-corrected chi connectivity index (χ3v) is 1.64. The molecule has 0 bridgehead atoms. The van der Waals surface area contributed by atoms with Crippen molar-refractivity contribution in [1.29, 1.82) is 0 Å². The number of hydrogen-bond donors (Lipinski definition) is 0. The van der Waals surface area contributed by atoms with E-state index in [9.17, 15) is 72.5 Å². The van der Waals surface area contributed by atoms with Gasteiger partial charge in [0.25, 0.3) is 11.6 Å². The second-order valence-corrected chi connectivity index (χ2v) is 3.74. The van der Waals surface area contributed by atoms with Gasteiger partial charge in [-0.05, 0) is 23.7 Å². The predicted octanol–water partition coefficient (Wildman–Crippen LogP) is 1.85. The van der Waals surface area contributed by atoms with Crippen molar-refractivity contribution < 1.29 is 92.9 Å². The third-order valence-electron chi connectivity index (χ3n) is 1.64. The molecule has 0 atom stereocenters. The molecule has 0 aliphatic carbocycles. The first kappa shape index (κ1) is 30.0. The molecule has 17 heteroatoms. The summed E-state index contributed by atoms with van der Waals surface area (Å²) in [4.78, 5) is 19.6. The van der Waals surface area contributed by atoms with Gasteiger partial charge in [0.05, 0.1) is 0 Å². The number of ketones is 2. The van der Waals surface area contributed by atoms with Gasteiger partial charge in [0.1, 0.15) is 0 Å². The fraction of sp³-hybridized carbons (Fsp3) is 0.400. The maximum atomic E-state index is 11.3. The number of carbonyl (C=O) groups excluding carboxylic acids is 2. The van der Waals surface area contributed by atoms with Gasteiger partial charge in [-0.3, -0.25) is 9.59 Å². The Balaban J connectivity index is -0.000000411. The van der Waals surface area contributed by atoms with Crippen LogP contribution in [0.5, 0.6) is 0 Å². The van der Waals surface area contributed by atoms with E-state index in [2.05, 4.69) is 0 Å². The monoisotopic (exact) mass is 520 g/mol. The summed E-state index contributed by atoms with van der Waals surface area (Å²) < 4.78 is 136. The Morgan fingerprint density at radius 2 is 0.704 bits per heavy atom. The van der Waals surface area contributed by atoms with Gasteiger partial charge in [-0.2, -0.15) is 52.7 Å². The molecule has 0 radical (unpaired) electrons. The molecule has 0 amide bonds. The van der Waals surface area contributed by atoms with Crippen molar-refractivity contribution in [2.75, 3.05) is 0 Å². The number of hydrogen-bond acceptors (Lipinski definition) is 4. The van der Waals surface area contributed by atoms with Crippen LogP contribution in [0.3, 0.4) is 0 Å². The topological polar surface area (TPSA) is 80.3 Å². The zero-order valence-electron chi connectivity index (χ0n) is 11.6. The van der Waals surface area contributed by atoms with Crippen LogP contribution < -0.4 is 10.2 Å². The fourth-order valence-electron chi connectivity index (χ4n) is 0.565. The van der Waals surface area contributed by atoms with Crippen LogP contribution in [0.15, 0.2) is 23.7 Å². The van der Waals surface area contributed by atoms with E-state index in [1.165, 1.54) is 0 Å². The van der Waals surface area contributed by atoms with Gasteiger partial charge in [-0.25, -0.2) is 0 Å². The third kappa shape index (κ3) is 13.1. The van der Waals surface area contributed by atoms with E-state index >= 15 is 0 Å². The second-order valence-electron chi connectivity index (χ2n) is 3.74. The second kappa shape index (κ2) is 9.97. The molecule has 0 unspecified atom stereocenters. The standard InChI is InChI=1S/2C5H2F6O2.Pd/c2*6-4(7,8)2(12)1-3(13)5(9,10)11;/h2*1,12H;/q;;+2/p-2. The van der Waals surface area contributed by atoms with E-state index in [1.54, 1.807) is 0 Å². The molecule has 0 aliphatic rings. The normalized spacial score (nSPS) is 13.9. The van der Waals surface area contributed by atoms with Crippen LogP contribution >= 0.6 is 0 Å². The molecule has 4 nitrogen and oxygen atoms in total. The molecule has 0 aromatic heterocycles. The Morgan fingerprint density at radius 1 is 0.519 bits per heavy atom. The van der Waals surface area contributed by atoms with Crippen molar-refractivity contribution in [3.8, 4) is 0 Å². The van der Waals surface area contributed by atoms with Crippen molar-refractivity contribution in [1.82, 2.24) is 0 Å². The van der Waals surface area contributed by atoms with Gasteiger partial charge >= 0.3 is 45.1 Å². The minimum absolute atomic E-state index is 0. The summed E-state index contributed by atoms with van der Waals surface area (Å²) >= 11 is 0. The summed E-state index contributed by atoms with van der Waals surface area (Å²) in [7, 11) is 0. The Kier molecular flexibility index (Phi) is 11.1. The van der Waals surface area contributed by atoms with Crippen LogP contribution in [-0.4, -0.2) is 36.3 Å². The van der Waals surface area contributed by atoms with Gasteiger partial charge < -0.3 is 10.2 Å². The molecule has 0 aromatic carbocycles. The van der Waals surface area contributed by atoms with E-state index in [0.29, 0.717) is 0 Å². The Labute approximate surface area is 153 Å². The largest absolute Gasteiger partial charge is 2.00 e. The molecule has 0 rings (SSSR count). The first-order valence-corrected chi connectivity index (χ1v) is 5.24. The van der Waals surface area contributed by atoms with E-state index < -0.39 is 59.9 Å². The molecule has 0 N–H and O–H groups in total. The van der Waals surface area contributed by atoms with Crippen LogP contribution in [0.1, 0.15) is 0 Å². The molecule has 0 spiro atoms. The average molecular weight is 521 g/mol. The first-order valence-electron chi connectivity index (χ1n) is 5.24. The minimum atomic E-state index is -5.46. The van der Waals surface area contributed by atoms with Gasteiger partial charge in [0.15, 0.2) is 0 Å². The molecule has 0 saturated carbocycles. The quantitative estimate of drug-likeness (QED) is 0.241. The molecule has 0 aromatic rings. The molecule has 0 saturated heterocycles. The smallest absolute Gasteiger partial charge is 0.869 e. The number of rotatable bonds is 2. The first-order chi connectivity index (χ1) is 11.1. The summed E-state index contributed by atoms with van der Waals surface area (Å²) in [5.74, 6) is -11.3.